The third-order valence-electron chi connectivity index (χ3n) is 3.77. The third-order valence-corrected chi connectivity index (χ3v) is 6.91. The zero-order valence-corrected chi connectivity index (χ0v) is 21.3. The number of hydrogen-bond donors (Lipinski definition) is 0. The number of carbonyl (C=O) groups is 1. The number of hydrogen-bond acceptors (Lipinski definition) is 5. The van der Waals surface area contributed by atoms with Gasteiger partial charge in [-0.1, -0.05) is 12.7 Å². The molecular formula is C21H16BrI2NO4. The highest BCUT2D eigenvalue weighted by molar-refractivity contribution is 14.1. The number of rotatable bonds is 7. The van der Waals surface area contributed by atoms with Crippen LogP contribution in [0.15, 0.2) is 58.1 Å². The second-order valence-corrected chi connectivity index (χ2v) is 9.01. The maximum absolute atomic E-state index is 12.3. The van der Waals surface area contributed by atoms with Crippen molar-refractivity contribution >= 4 is 79.1 Å². The first-order valence-corrected chi connectivity index (χ1v) is 11.6. The molecule has 0 N–H and O–H groups in total. The number of esters is 1. The van der Waals surface area contributed by atoms with E-state index >= 15 is 0 Å². The molecule has 8 heteroatoms. The average molecular weight is 680 g/mol. The highest BCUT2D eigenvalue weighted by Gasteiger charge is 2.25. The molecule has 0 spiro atoms. The summed E-state index contributed by atoms with van der Waals surface area (Å²) in [5.74, 6) is 1.04. The molecule has 0 aliphatic carbocycles. The van der Waals surface area contributed by atoms with Crippen LogP contribution in [0.3, 0.4) is 0 Å². The van der Waals surface area contributed by atoms with Crippen molar-refractivity contribution in [2.75, 3.05) is 13.2 Å². The van der Waals surface area contributed by atoms with Gasteiger partial charge in [-0.25, -0.2) is 9.79 Å². The fraction of sp³-hybridized carbons (Fsp3) is 0.143. The van der Waals surface area contributed by atoms with Crippen molar-refractivity contribution in [2.45, 2.75) is 6.92 Å². The Morgan fingerprint density at radius 2 is 2.00 bits per heavy atom. The summed E-state index contributed by atoms with van der Waals surface area (Å²) in [5, 5.41) is 0. The molecule has 0 fully saturated rings. The van der Waals surface area contributed by atoms with E-state index in [4.69, 9.17) is 14.2 Å². The average Bonchev–Trinajstić information content (AvgIpc) is 3.04. The number of halogens is 3. The van der Waals surface area contributed by atoms with Crippen molar-refractivity contribution in [1.29, 1.82) is 0 Å². The number of cyclic esters (lactones) is 1. The largest absolute Gasteiger partial charge is 0.490 e. The molecular weight excluding hydrogens is 664 g/mol. The first-order valence-electron chi connectivity index (χ1n) is 8.61. The Morgan fingerprint density at radius 1 is 1.21 bits per heavy atom. The van der Waals surface area contributed by atoms with Gasteiger partial charge in [-0.05, 0) is 110 Å². The Morgan fingerprint density at radius 3 is 2.69 bits per heavy atom. The van der Waals surface area contributed by atoms with Crippen LogP contribution in [0, 0.1) is 7.14 Å². The van der Waals surface area contributed by atoms with Crippen LogP contribution >= 0.6 is 61.1 Å². The molecule has 2 aromatic rings. The van der Waals surface area contributed by atoms with Crippen LogP contribution in [0.2, 0.25) is 0 Å². The SMILES string of the molecule is C=CCOc1c(I)cc(/C=C2\N=C(c3ccc(I)c(Br)c3)OC2=O)cc1OCC. The Balaban J connectivity index is 1.96. The Hall–Kier alpha value is -1.40. The monoisotopic (exact) mass is 679 g/mol. The van der Waals surface area contributed by atoms with Gasteiger partial charge in [-0.2, -0.15) is 0 Å². The van der Waals surface area contributed by atoms with Crippen LogP contribution in [0.1, 0.15) is 18.1 Å². The van der Waals surface area contributed by atoms with E-state index in [0.717, 1.165) is 22.7 Å². The summed E-state index contributed by atoms with van der Waals surface area (Å²) in [5.41, 5.74) is 1.73. The van der Waals surface area contributed by atoms with Gasteiger partial charge in [0, 0.05) is 13.6 Å². The van der Waals surface area contributed by atoms with E-state index in [0.29, 0.717) is 24.7 Å². The highest BCUT2D eigenvalue weighted by atomic mass is 127. The van der Waals surface area contributed by atoms with E-state index in [1.165, 1.54) is 0 Å². The van der Waals surface area contributed by atoms with Gasteiger partial charge in [-0.3, -0.25) is 0 Å². The molecule has 5 nitrogen and oxygen atoms in total. The Bertz CT molecular complexity index is 1030. The number of benzene rings is 2. The van der Waals surface area contributed by atoms with Gasteiger partial charge >= 0.3 is 5.97 Å². The molecule has 0 unspecified atom stereocenters. The highest BCUT2D eigenvalue weighted by Crippen LogP contribution is 2.35. The van der Waals surface area contributed by atoms with E-state index < -0.39 is 5.97 Å². The maximum atomic E-state index is 12.3. The van der Waals surface area contributed by atoms with Gasteiger partial charge in [0.05, 0.1) is 10.2 Å². The van der Waals surface area contributed by atoms with Crippen molar-refractivity contribution < 1.29 is 19.0 Å². The van der Waals surface area contributed by atoms with Crippen LogP contribution in [0.4, 0.5) is 0 Å². The molecule has 0 bridgehead atoms. The van der Waals surface area contributed by atoms with Gasteiger partial charge in [0.1, 0.15) is 6.61 Å². The maximum Gasteiger partial charge on any atom is 0.363 e. The predicted molar refractivity (Wildman–Crippen MR) is 133 cm³/mol. The third kappa shape index (κ3) is 5.40. The Kier molecular flexibility index (Phi) is 7.74. The van der Waals surface area contributed by atoms with Crippen LogP contribution < -0.4 is 9.47 Å². The molecule has 150 valence electrons. The number of aliphatic imine (C=N–C) groups is 1. The van der Waals surface area contributed by atoms with Gasteiger partial charge in [0.15, 0.2) is 17.2 Å². The first kappa shape index (κ1) is 22.3. The Labute approximate surface area is 204 Å². The van der Waals surface area contributed by atoms with E-state index in [-0.39, 0.29) is 11.6 Å². The summed E-state index contributed by atoms with van der Waals surface area (Å²) in [6.07, 6.45) is 3.36. The summed E-state index contributed by atoms with van der Waals surface area (Å²) in [6.45, 7) is 6.44. The summed E-state index contributed by atoms with van der Waals surface area (Å²) in [4.78, 5) is 16.7. The zero-order valence-electron chi connectivity index (χ0n) is 15.4. The minimum Gasteiger partial charge on any atom is -0.490 e. The lowest BCUT2D eigenvalue weighted by Gasteiger charge is -2.13. The minimum absolute atomic E-state index is 0.229. The van der Waals surface area contributed by atoms with Crippen LogP contribution in [-0.2, 0) is 9.53 Å². The molecule has 1 aliphatic heterocycles. The zero-order chi connectivity index (χ0) is 21.0. The van der Waals surface area contributed by atoms with Crippen molar-refractivity contribution in [3.63, 3.8) is 0 Å². The first-order chi connectivity index (χ1) is 13.9. The summed E-state index contributed by atoms with van der Waals surface area (Å²) in [6, 6.07) is 9.38. The molecule has 2 aromatic carbocycles. The lowest BCUT2D eigenvalue weighted by atomic mass is 10.1. The van der Waals surface area contributed by atoms with Gasteiger partial charge in [0.25, 0.3) is 0 Å². The molecule has 1 aliphatic rings. The predicted octanol–water partition coefficient (Wildman–Crippen LogP) is 5.97. The number of ether oxygens (including phenoxy) is 3. The van der Waals surface area contributed by atoms with E-state index in [1.54, 1.807) is 12.2 Å². The summed E-state index contributed by atoms with van der Waals surface area (Å²) >= 11 is 7.88. The molecule has 0 radical (unpaired) electrons. The lowest BCUT2D eigenvalue weighted by molar-refractivity contribution is -0.129. The second kappa shape index (κ2) is 10.1. The molecule has 0 aromatic heterocycles. The molecule has 0 amide bonds. The second-order valence-electron chi connectivity index (χ2n) is 5.83. The smallest absolute Gasteiger partial charge is 0.363 e. The number of carbonyl (C=O) groups excluding carboxylic acids is 1. The molecule has 0 saturated heterocycles. The quantitative estimate of drug-likeness (QED) is 0.157. The van der Waals surface area contributed by atoms with Crippen LogP contribution in [0.25, 0.3) is 6.08 Å². The minimum atomic E-state index is -0.491. The van der Waals surface area contributed by atoms with Gasteiger partial charge in [-0.15, -0.1) is 0 Å². The standard InChI is InChI=1S/C21H16BrI2NO4/c1-3-7-28-19-16(24)8-12(10-18(19)27-4-2)9-17-21(26)29-20(25-17)13-5-6-15(23)14(22)11-13/h3,5-6,8-11H,1,4,7H2,2H3/b17-9-. The van der Waals surface area contributed by atoms with E-state index in [9.17, 15) is 4.79 Å². The summed E-state index contributed by atoms with van der Waals surface area (Å²) < 4.78 is 19.6. The van der Waals surface area contributed by atoms with Gasteiger partial charge in [0.2, 0.25) is 5.90 Å². The summed E-state index contributed by atoms with van der Waals surface area (Å²) in [7, 11) is 0. The molecule has 0 saturated carbocycles. The van der Waals surface area contributed by atoms with Crippen molar-refractivity contribution in [2.24, 2.45) is 4.99 Å². The normalized spacial score (nSPS) is 14.6. The number of nitrogens with zero attached hydrogens (tertiary/aromatic N) is 1. The van der Waals surface area contributed by atoms with Crippen molar-refractivity contribution in [3.05, 3.63) is 71.4 Å². The van der Waals surface area contributed by atoms with Crippen molar-refractivity contribution in [3.8, 4) is 11.5 Å². The molecule has 1 heterocycles. The van der Waals surface area contributed by atoms with E-state index in [1.807, 2.05) is 37.3 Å². The fourth-order valence-corrected chi connectivity index (χ4v) is 4.03. The molecule has 3 rings (SSSR count). The molecule has 0 atom stereocenters. The molecule has 29 heavy (non-hydrogen) atoms. The van der Waals surface area contributed by atoms with Crippen LogP contribution in [0.5, 0.6) is 11.5 Å². The topological polar surface area (TPSA) is 57.1 Å². The van der Waals surface area contributed by atoms with Gasteiger partial charge < -0.3 is 14.2 Å². The fourth-order valence-electron chi connectivity index (χ4n) is 2.54. The van der Waals surface area contributed by atoms with Crippen molar-refractivity contribution in [1.82, 2.24) is 0 Å². The lowest BCUT2D eigenvalue weighted by Crippen LogP contribution is -2.05. The van der Waals surface area contributed by atoms with E-state index in [2.05, 4.69) is 72.7 Å². The van der Waals surface area contributed by atoms with Crippen LogP contribution in [-0.4, -0.2) is 25.1 Å².